The number of methoxy groups -OCH3 is 1. The number of anilines is 1. The molecule has 0 bridgehead atoms. The summed E-state index contributed by atoms with van der Waals surface area (Å²) in [4.78, 5) is 12.3. The van der Waals surface area contributed by atoms with Crippen molar-refractivity contribution in [2.75, 3.05) is 12.4 Å². The SMILES string of the molecule is COc1ccc(-n2nc(C)cc2NC(=O)c2ccc(F)cc2)cc1. The topological polar surface area (TPSA) is 56.1 Å². The van der Waals surface area contributed by atoms with Crippen LogP contribution in [0.15, 0.2) is 54.6 Å². The Morgan fingerprint density at radius 2 is 1.79 bits per heavy atom. The molecule has 1 heterocycles. The second-order valence-electron chi connectivity index (χ2n) is 5.24. The fourth-order valence-corrected chi connectivity index (χ4v) is 2.30. The molecule has 1 N–H and O–H groups in total. The number of ether oxygens (including phenoxy) is 1. The van der Waals surface area contributed by atoms with Crippen LogP contribution in [0.5, 0.6) is 5.75 Å². The van der Waals surface area contributed by atoms with Crippen LogP contribution in [-0.2, 0) is 0 Å². The molecule has 5 nitrogen and oxygen atoms in total. The maximum Gasteiger partial charge on any atom is 0.256 e. The molecule has 0 unspecified atom stereocenters. The maximum absolute atomic E-state index is 13.0. The molecular formula is C18H16FN3O2. The molecule has 0 spiro atoms. The van der Waals surface area contributed by atoms with Crippen LogP contribution in [0.4, 0.5) is 10.2 Å². The lowest BCUT2D eigenvalue weighted by Crippen LogP contribution is -2.15. The molecule has 0 atom stereocenters. The Morgan fingerprint density at radius 1 is 1.12 bits per heavy atom. The van der Waals surface area contributed by atoms with E-state index < -0.39 is 0 Å². The second kappa shape index (κ2) is 6.54. The largest absolute Gasteiger partial charge is 0.497 e. The van der Waals surface area contributed by atoms with E-state index in [-0.39, 0.29) is 11.7 Å². The average molecular weight is 325 g/mol. The maximum atomic E-state index is 13.0. The van der Waals surface area contributed by atoms with E-state index in [1.807, 2.05) is 31.2 Å². The minimum atomic E-state index is -0.384. The van der Waals surface area contributed by atoms with Gasteiger partial charge in [0, 0.05) is 11.6 Å². The van der Waals surface area contributed by atoms with Crippen molar-refractivity contribution in [3.05, 3.63) is 71.7 Å². The smallest absolute Gasteiger partial charge is 0.256 e. The Labute approximate surface area is 138 Å². The van der Waals surface area contributed by atoms with Gasteiger partial charge in [-0.05, 0) is 55.5 Å². The van der Waals surface area contributed by atoms with E-state index in [1.165, 1.54) is 24.3 Å². The van der Waals surface area contributed by atoms with Crippen LogP contribution >= 0.6 is 0 Å². The molecular weight excluding hydrogens is 309 g/mol. The third-order valence-corrected chi connectivity index (χ3v) is 3.50. The zero-order valence-corrected chi connectivity index (χ0v) is 13.3. The number of nitrogens with zero attached hydrogens (tertiary/aromatic N) is 2. The van der Waals surface area contributed by atoms with Crippen LogP contribution < -0.4 is 10.1 Å². The number of carbonyl (C=O) groups excluding carboxylic acids is 1. The van der Waals surface area contributed by atoms with Gasteiger partial charge in [-0.1, -0.05) is 0 Å². The van der Waals surface area contributed by atoms with E-state index in [1.54, 1.807) is 17.9 Å². The first-order valence-corrected chi connectivity index (χ1v) is 7.35. The first-order valence-electron chi connectivity index (χ1n) is 7.35. The summed E-state index contributed by atoms with van der Waals surface area (Å²) < 4.78 is 19.7. The highest BCUT2D eigenvalue weighted by atomic mass is 19.1. The highest BCUT2D eigenvalue weighted by Crippen LogP contribution is 2.20. The van der Waals surface area contributed by atoms with Crippen LogP contribution in [0.3, 0.4) is 0 Å². The molecule has 2 aromatic carbocycles. The van der Waals surface area contributed by atoms with E-state index in [2.05, 4.69) is 10.4 Å². The summed E-state index contributed by atoms with van der Waals surface area (Å²) in [6.45, 7) is 1.84. The summed E-state index contributed by atoms with van der Waals surface area (Å²) in [5.41, 5.74) is 1.93. The summed E-state index contributed by atoms with van der Waals surface area (Å²) in [6.07, 6.45) is 0. The molecule has 0 saturated heterocycles. The Balaban J connectivity index is 1.88. The number of amides is 1. The van der Waals surface area contributed by atoms with Gasteiger partial charge in [-0.3, -0.25) is 4.79 Å². The van der Waals surface area contributed by atoms with Gasteiger partial charge in [0.05, 0.1) is 18.5 Å². The summed E-state index contributed by atoms with van der Waals surface area (Å²) in [7, 11) is 1.60. The first-order chi connectivity index (χ1) is 11.6. The van der Waals surface area contributed by atoms with Gasteiger partial charge in [0.15, 0.2) is 0 Å². The number of carbonyl (C=O) groups is 1. The fourth-order valence-electron chi connectivity index (χ4n) is 2.30. The molecule has 1 amide bonds. The third-order valence-electron chi connectivity index (χ3n) is 3.50. The number of benzene rings is 2. The zero-order valence-electron chi connectivity index (χ0n) is 13.3. The number of rotatable bonds is 4. The number of halogens is 1. The van der Waals surface area contributed by atoms with Crippen molar-refractivity contribution in [2.24, 2.45) is 0 Å². The predicted molar refractivity (Wildman–Crippen MR) is 89.2 cm³/mol. The van der Waals surface area contributed by atoms with Gasteiger partial charge in [-0.15, -0.1) is 0 Å². The summed E-state index contributed by atoms with van der Waals surface area (Å²) in [5, 5.41) is 7.20. The fraction of sp³-hybridized carbons (Fsp3) is 0.111. The van der Waals surface area contributed by atoms with Gasteiger partial charge in [-0.25, -0.2) is 9.07 Å². The lowest BCUT2D eigenvalue weighted by atomic mass is 10.2. The van der Waals surface area contributed by atoms with Crippen molar-refractivity contribution >= 4 is 11.7 Å². The van der Waals surface area contributed by atoms with Crippen LogP contribution in [0.1, 0.15) is 16.1 Å². The van der Waals surface area contributed by atoms with Crippen molar-refractivity contribution in [1.82, 2.24) is 9.78 Å². The Bertz CT molecular complexity index is 855. The number of hydrogen-bond acceptors (Lipinski definition) is 3. The van der Waals surface area contributed by atoms with Crippen molar-refractivity contribution in [3.8, 4) is 11.4 Å². The molecule has 0 radical (unpaired) electrons. The van der Waals surface area contributed by atoms with E-state index in [9.17, 15) is 9.18 Å². The molecule has 24 heavy (non-hydrogen) atoms. The van der Waals surface area contributed by atoms with Gasteiger partial charge < -0.3 is 10.1 Å². The standard InChI is InChI=1S/C18H16FN3O2/c1-12-11-17(20-18(23)13-3-5-14(19)6-4-13)22(21-12)15-7-9-16(24-2)10-8-15/h3-11H,1-2H3,(H,20,23). The molecule has 1 aromatic heterocycles. The zero-order chi connectivity index (χ0) is 17.1. The number of nitrogens with one attached hydrogen (secondary N) is 1. The number of aryl methyl sites for hydroxylation is 1. The van der Waals surface area contributed by atoms with Crippen LogP contribution in [0.25, 0.3) is 5.69 Å². The number of hydrogen-bond donors (Lipinski definition) is 1. The van der Waals surface area contributed by atoms with Gasteiger partial charge >= 0.3 is 0 Å². The van der Waals surface area contributed by atoms with Crippen molar-refractivity contribution in [2.45, 2.75) is 6.92 Å². The van der Waals surface area contributed by atoms with Crippen LogP contribution in [-0.4, -0.2) is 22.8 Å². The highest BCUT2D eigenvalue weighted by Gasteiger charge is 2.12. The van der Waals surface area contributed by atoms with Gasteiger partial charge in [0.1, 0.15) is 17.4 Å². The number of aromatic nitrogens is 2. The minimum Gasteiger partial charge on any atom is -0.497 e. The minimum absolute atomic E-state index is 0.329. The molecule has 6 heteroatoms. The lowest BCUT2D eigenvalue weighted by molar-refractivity contribution is 0.102. The molecule has 3 rings (SSSR count). The monoisotopic (exact) mass is 325 g/mol. The Kier molecular flexibility index (Phi) is 4.29. The van der Waals surface area contributed by atoms with Gasteiger partial charge in [-0.2, -0.15) is 5.10 Å². The normalized spacial score (nSPS) is 10.5. The average Bonchev–Trinajstić information content (AvgIpc) is 2.96. The quantitative estimate of drug-likeness (QED) is 0.797. The summed E-state index contributed by atoms with van der Waals surface area (Å²) in [5.74, 6) is 0.557. The second-order valence-corrected chi connectivity index (χ2v) is 5.24. The molecule has 3 aromatic rings. The lowest BCUT2D eigenvalue weighted by Gasteiger charge is -2.09. The summed E-state index contributed by atoms with van der Waals surface area (Å²) >= 11 is 0. The molecule has 0 aliphatic rings. The highest BCUT2D eigenvalue weighted by molar-refractivity contribution is 6.03. The Hall–Kier alpha value is -3.15. The van der Waals surface area contributed by atoms with Crippen molar-refractivity contribution < 1.29 is 13.9 Å². The predicted octanol–water partition coefficient (Wildman–Crippen LogP) is 3.58. The van der Waals surface area contributed by atoms with Gasteiger partial charge in [0.2, 0.25) is 0 Å². The molecule has 0 aliphatic carbocycles. The Morgan fingerprint density at radius 3 is 2.42 bits per heavy atom. The van der Waals surface area contributed by atoms with Crippen LogP contribution in [0, 0.1) is 12.7 Å². The van der Waals surface area contributed by atoms with Crippen LogP contribution in [0.2, 0.25) is 0 Å². The van der Waals surface area contributed by atoms with Gasteiger partial charge in [0.25, 0.3) is 5.91 Å². The van der Waals surface area contributed by atoms with E-state index in [0.29, 0.717) is 11.4 Å². The third kappa shape index (κ3) is 3.27. The summed E-state index contributed by atoms with van der Waals surface area (Å²) in [6, 6.07) is 14.5. The first kappa shape index (κ1) is 15.7. The van der Waals surface area contributed by atoms with Crippen molar-refractivity contribution in [1.29, 1.82) is 0 Å². The van der Waals surface area contributed by atoms with E-state index in [0.717, 1.165) is 17.1 Å². The molecule has 122 valence electrons. The molecule has 0 fully saturated rings. The molecule has 0 aliphatic heterocycles. The van der Waals surface area contributed by atoms with Crippen molar-refractivity contribution in [3.63, 3.8) is 0 Å². The van der Waals surface area contributed by atoms with E-state index >= 15 is 0 Å². The molecule has 0 saturated carbocycles. The van der Waals surface area contributed by atoms with E-state index in [4.69, 9.17) is 4.74 Å².